The average Bonchev–Trinajstić information content (AvgIpc) is 3.18. The molecule has 0 spiro atoms. The lowest BCUT2D eigenvalue weighted by molar-refractivity contribution is -0.133. The fourth-order valence-corrected chi connectivity index (χ4v) is 3.20. The highest BCUT2D eigenvalue weighted by molar-refractivity contribution is 5.94. The molecule has 29 heavy (non-hydrogen) atoms. The molecule has 0 saturated carbocycles. The Morgan fingerprint density at radius 1 is 1.14 bits per heavy atom. The third kappa shape index (κ3) is 5.81. The van der Waals surface area contributed by atoms with Gasteiger partial charge in [0.15, 0.2) is 5.76 Å². The van der Waals surface area contributed by atoms with Crippen LogP contribution >= 0.6 is 0 Å². The van der Waals surface area contributed by atoms with Crippen molar-refractivity contribution in [3.8, 4) is 0 Å². The molecule has 1 aromatic carbocycles. The normalized spacial score (nSPS) is 14.7. The Hall–Kier alpha value is -3.35. The number of amides is 3. The Balaban J connectivity index is 1.38. The first kappa shape index (κ1) is 20.4. The van der Waals surface area contributed by atoms with Gasteiger partial charge in [0.25, 0.3) is 5.91 Å². The lowest BCUT2D eigenvalue weighted by Gasteiger charge is -2.32. The zero-order valence-electron chi connectivity index (χ0n) is 16.4. The van der Waals surface area contributed by atoms with Gasteiger partial charge in [0.05, 0.1) is 12.8 Å². The number of carbonyl (C=O) groups is 3. The predicted molar refractivity (Wildman–Crippen MR) is 109 cm³/mol. The quantitative estimate of drug-likeness (QED) is 0.733. The van der Waals surface area contributed by atoms with Crippen LogP contribution in [0.2, 0.25) is 0 Å². The zero-order chi connectivity index (χ0) is 20.6. The van der Waals surface area contributed by atoms with Crippen molar-refractivity contribution >= 4 is 23.8 Å². The smallest absolute Gasteiger partial charge is 0.287 e. The van der Waals surface area contributed by atoms with Gasteiger partial charge in [-0.1, -0.05) is 30.3 Å². The molecular formula is C22H25N3O4. The molecule has 2 heterocycles. The molecule has 3 rings (SSSR count). The number of nitrogens with zero attached hydrogens (tertiary/aromatic N) is 1. The third-order valence-electron chi connectivity index (χ3n) is 4.89. The number of aryl methyl sites for hydroxylation is 1. The van der Waals surface area contributed by atoms with Crippen LogP contribution in [-0.4, -0.2) is 48.3 Å². The van der Waals surface area contributed by atoms with Gasteiger partial charge in [-0.3, -0.25) is 14.4 Å². The number of likely N-dealkylation sites (tertiary alicyclic amines) is 1. The summed E-state index contributed by atoms with van der Waals surface area (Å²) in [7, 11) is 0. The Morgan fingerprint density at radius 3 is 2.52 bits per heavy atom. The van der Waals surface area contributed by atoms with E-state index in [1.807, 2.05) is 37.3 Å². The highest BCUT2D eigenvalue weighted by Crippen LogP contribution is 2.13. The summed E-state index contributed by atoms with van der Waals surface area (Å²) in [6.45, 7) is 2.86. The minimum Gasteiger partial charge on any atom is -0.459 e. The van der Waals surface area contributed by atoms with Crippen molar-refractivity contribution in [1.29, 1.82) is 0 Å². The van der Waals surface area contributed by atoms with Gasteiger partial charge < -0.3 is 20.0 Å². The molecule has 2 aromatic rings. The van der Waals surface area contributed by atoms with Crippen LogP contribution in [0.3, 0.4) is 0 Å². The van der Waals surface area contributed by atoms with E-state index < -0.39 is 0 Å². The van der Waals surface area contributed by atoms with E-state index in [0.29, 0.717) is 31.7 Å². The van der Waals surface area contributed by atoms with E-state index in [9.17, 15) is 14.4 Å². The van der Waals surface area contributed by atoms with Crippen LogP contribution < -0.4 is 10.6 Å². The second-order valence-electron chi connectivity index (χ2n) is 7.02. The van der Waals surface area contributed by atoms with Gasteiger partial charge in [-0.15, -0.1) is 0 Å². The summed E-state index contributed by atoms with van der Waals surface area (Å²) in [6.07, 6.45) is 5.95. The van der Waals surface area contributed by atoms with Crippen molar-refractivity contribution in [2.24, 2.45) is 0 Å². The number of carbonyl (C=O) groups excluding carboxylic acids is 3. The van der Waals surface area contributed by atoms with Crippen molar-refractivity contribution in [3.63, 3.8) is 0 Å². The molecule has 0 unspecified atom stereocenters. The lowest BCUT2D eigenvalue weighted by Crippen LogP contribution is -2.48. The van der Waals surface area contributed by atoms with Crippen LogP contribution in [-0.2, 0) is 9.59 Å². The number of benzene rings is 1. The summed E-state index contributed by atoms with van der Waals surface area (Å²) in [4.78, 5) is 38.1. The molecule has 2 N–H and O–H groups in total. The fraction of sp³-hybridized carbons (Fsp3) is 0.318. The van der Waals surface area contributed by atoms with Crippen molar-refractivity contribution in [1.82, 2.24) is 15.5 Å². The highest BCUT2D eigenvalue weighted by atomic mass is 16.3. The van der Waals surface area contributed by atoms with E-state index >= 15 is 0 Å². The number of rotatable bonds is 6. The van der Waals surface area contributed by atoms with Gasteiger partial charge >= 0.3 is 0 Å². The Kier molecular flexibility index (Phi) is 6.84. The first-order valence-electron chi connectivity index (χ1n) is 9.66. The summed E-state index contributed by atoms with van der Waals surface area (Å²) < 4.78 is 5.21. The first-order chi connectivity index (χ1) is 14.0. The van der Waals surface area contributed by atoms with Gasteiger partial charge in [0, 0.05) is 30.8 Å². The van der Waals surface area contributed by atoms with E-state index in [1.54, 1.807) is 17.0 Å². The molecular weight excluding hydrogens is 370 g/mol. The fourth-order valence-electron chi connectivity index (χ4n) is 3.20. The standard InChI is InChI=1S/C22H25N3O4/c1-16-11-14-29-21(16)22(28)24-18-9-12-25(13-10-18)20(27)15-23-19(26)8-7-17-5-3-2-4-6-17/h2-8,11,14,18H,9-10,12-13,15H2,1H3,(H,23,26)(H,24,28)/b8-7+. The molecule has 0 bridgehead atoms. The van der Waals surface area contributed by atoms with Crippen molar-refractivity contribution < 1.29 is 18.8 Å². The maximum atomic E-state index is 12.3. The summed E-state index contributed by atoms with van der Waals surface area (Å²) >= 11 is 0. The zero-order valence-corrected chi connectivity index (χ0v) is 16.4. The maximum absolute atomic E-state index is 12.3. The van der Waals surface area contributed by atoms with Gasteiger partial charge in [-0.25, -0.2) is 0 Å². The van der Waals surface area contributed by atoms with Crippen molar-refractivity contribution in [2.75, 3.05) is 19.6 Å². The van der Waals surface area contributed by atoms with Crippen LogP contribution in [0, 0.1) is 6.92 Å². The lowest BCUT2D eigenvalue weighted by atomic mass is 10.0. The van der Waals surface area contributed by atoms with E-state index in [-0.39, 0.29) is 30.3 Å². The molecule has 1 aliphatic heterocycles. The molecule has 7 heteroatoms. The predicted octanol–water partition coefficient (Wildman–Crippen LogP) is 2.14. The van der Waals surface area contributed by atoms with Gasteiger partial charge in [0.1, 0.15) is 0 Å². The van der Waals surface area contributed by atoms with Gasteiger partial charge in [0.2, 0.25) is 11.8 Å². The summed E-state index contributed by atoms with van der Waals surface area (Å²) in [5, 5.41) is 5.57. The minimum absolute atomic E-state index is 0.000512. The average molecular weight is 395 g/mol. The van der Waals surface area contributed by atoms with Crippen LogP contribution in [0.4, 0.5) is 0 Å². The van der Waals surface area contributed by atoms with E-state index in [2.05, 4.69) is 10.6 Å². The molecule has 7 nitrogen and oxygen atoms in total. The van der Waals surface area contributed by atoms with Crippen LogP contribution in [0.5, 0.6) is 0 Å². The minimum atomic E-state index is -0.307. The highest BCUT2D eigenvalue weighted by Gasteiger charge is 2.25. The van der Waals surface area contributed by atoms with E-state index in [0.717, 1.165) is 11.1 Å². The Bertz CT molecular complexity index is 880. The van der Waals surface area contributed by atoms with Gasteiger partial charge in [-0.05, 0) is 37.5 Å². The summed E-state index contributed by atoms with van der Waals surface area (Å²) in [5.74, 6) is -0.333. The number of piperidine rings is 1. The first-order valence-corrected chi connectivity index (χ1v) is 9.66. The van der Waals surface area contributed by atoms with Crippen molar-refractivity contribution in [2.45, 2.75) is 25.8 Å². The topological polar surface area (TPSA) is 91.7 Å². The van der Waals surface area contributed by atoms with Gasteiger partial charge in [-0.2, -0.15) is 0 Å². The second kappa shape index (κ2) is 9.73. The molecule has 0 radical (unpaired) electrons. The molecule has 0 atom stereocenters. The summed E-state index contributed by atoms with van der Waals surface area (Å²) in [6, 6.07) is 11.2. The van der Waals surface area contributed by atoms with Crippen molar-refractivity contribution in [3.05, 3.63) is 65.6 Å². The number of furan rings is 1. The van der Waals surface area contributed by atoms with E-state index in [1.165, 1.54) is 12.3 Å². The number of nitrogens with one attached hydrogen (secondary N) is 2. The monoisotopic (exact) mass is 395 g/mol. The number of hydrogen-bond acceptors (Lipinski definition) is 4. The van der Waals surface area contributed by atoms with E-state index in [4.69, 9.17) is 4.42 Å². The maximum Gasteiger partial charge on any atom is 0.287 e. The molecule has 152 valence electrons. The molecule has 0 aliphatic carbocycles. The largest absolute Gasteiger partial charge is 0.459 e. The molecule has 1 saturated heterocycles. The Morgan fingerprint density at radius 2 is 1.86 bits per heavy atom. The Labute approximate surface area is 169 Å². The molecule has 1 fully saturated rings. The number of hydrogen-bond donors (Lipinski definition) is 2. The summed E-state index contributed by atoms with van der Waals surface area (Å²) in [5.41, 5.74) is 1.72. The third-order valence-corrected chi connectivity index (χ3v) is 4.89. The van der Waals surface area contributed by atoms with Crippen LogP contribution in [0.1, 0.15) is 34.5 Å². The molecule has 1 aromatic heterocycles. The molecule has 1 aliphatic rings. The van der Waals surface area contributed by atoms with Crippen LogP contribution in [0.25, 0.3) is 6.08 Å². The van der Waals surface area contributed by atoms with Crippen LogP contribution in [0.15, 0.2) is 53.2 Å². The molecule has 3 amide bonds. The SMILES string of the molecule is Cc1ccoc1C(=O)NC1CCN(C(=O)CNC(=O)/C=C/c2ccccc2)CC1. The second-order valence-corrected chi connectivity index (χ2v) is 7.02.